The highest BCUT2D eigenvalue weighted by atomic mass is 35.5. The standard InChI is InChI=1S/C24H19Cl2N3O4S/c1-3-12-4-7-20-18(8-12)28-23(33-20)15-11-14(5-6-19(15)30)27-24(34)29-22(31)16-9-13(25)10-17(26)21(16)32-2/h4-11,30H,3H2,1-2H3,(H2,27,29,31,34). The van der Waals surface area contributed by atoms with Crippen molar-refractivity contribution in [1.29, 1.82) is 0 Å². The number of phenolic OH excluding ortho intramolecular Hbond substituents is 1. The van der Waals surface area contributed by atoms with Crippen molar-refractivity contribution in [3.05, 3.63) is 69.7 Å². The Kier molecular flexibility index (Phi) is 6.92. The first-order valence-corrected chi connectivity index (χ1v) is 11.3. The van der Waals surface area contributed by atoms with E-state index in [1.165, 1.54) is 25.3 Å². The van der Waals surface area contributed by atoms with Crippen LogP contribution in [0.5, 0.6) is 11.5 Å². The average Bonchev–Trinajstić information content (AvgIpc) is 3.22. The van der Waals surface area contributed by atoms with Crippen LogP contribution in [0, 0.1) is 0 Å². The summed E-state index contributed by atoms with van der Waals surface area (Å²) < 4.78 is 11.0. The summed E-state index contributed by atoms with van der Waals surface area (Å²) >= 11 is 17.4. The molecule has 0 spiro atoms. The second-order valence-electron chi connectivity index (χ2n) is 7.28. The lowest BCUT2D eigenvalue weighted by Gasteiger charge is -2.13. The van der Waals surface area contributed by atoms with Crippen molar-refractivity contribution in [3.63, 3.8) is 0 Å². The van der Waals surface area contributed by atoms with E-state index in [4.69, 9.17) is 44.6 Å². The van der Waals surface area contributed by atoms with Gasteiger partial charge in [-0.25, -0.2) is 4.98 Å². The number of halogens is 2. The Morgan fingerprint density at radius 3 is 2.71 bits per heavy atom. The minimum atomic E-state index is -0.552. The highest BCUT2D eigenvalue weighted by Gasteiger charge is 2.19. The van der Waals surface area contributed by atoms with Gasteiger partial charge in [-0.05, 0) is 66.7 Å². The van der Waals surface area contributed by atoms with Crippen LogP contribution < -0.4 is 15.4 Å². The molecule has 4 aromatic rings. The first kappa shape index (κ1) is 23.8. The summed E-state index contributed by atoms with van der Waals surface area (Å²) in [6.07, 6.45) is 0.874. The Hall–Kier alpha value is -3.33. The molecular formula is C24H19Cl2N3O4S. The van der Waals surface area contributed by atoms with Crippen LogP contribution >= 0.6 is 35.4 Å². The summed E-state index contributed by atoms with van der Waals surface area (Å²) in [6, 6.07) is 13.4. The van der Waals surface area contributed by atoms with Gasteiger partial charge < -0.3 is 19.6 Å². The summed E-state index contributed by atoms with van der Waals surface area (Å²) in [7, 11) is 1.40. The predicted octanol–water partition coefficient (Wildman–Crippen LogP) is 6.21. The SMILES string of the molecule is CCc1ccc2oc(-c3cc(NC(=S)NC(=O)c4cc(Cl)cc(Cl)c4OC)ccc3O)nc2c1. The molecule has 1 amide bonds. The zero-order valence-electron chi connectivity index (χ0n) is 18.1. The molecule has 0 bridgehead atoms. The number of hydrogen-bond acceptors (Lipinski definition) is 6. The molecule has 7 nitrogen and oxygen atoms in total. The van der Waals surface area contributed by atoms with E-state index in [9.17, 15) is 9.90 Å². The van der Waals surface area contributed by atoms with Crippen LogP contribution in [0.4, 0.5) is 5.69 Å². The molecule has 10 heteroatoms. The fourth-order valence-electron chi connectivity index (χ4n) is 3.36. The molecule has 0 radical (unpaired) electrons. The summed E-state index contributed by atoms with van der Waals surface area (Å²) in [5.41, 5.74) is 3.45. The monoisotopic (exact) mass is 515 g/mol. The molecule has 0 aliphatic rings. The van der Waals surface area contributed by atoms with Crippen LogP contribution in [0.2, 0.25) is 10.0 Å². The quantitative estimate of drug-likeness (QED) is 0.215. The highest BCUT2D eigenvalue weighted by Crippen LogP contribution is 2.34. The maximum Gasteiger partial charge on any atom is 0.261 e. The Labute approximate surface area is 210 Å². The molecule has 0 unspecified atom stereocenters. The number of phenols is 1. The molecule has 0 atom stereocenters. The summed E-state index contributed by atoms with van der Waals surface area (Å²) in [5, 5.41) is 16.4. The van der Waals surface area contributed by atoms with E-state index in [0.29, 0.717) is 22.4 Å². The number of aromatic nitrogens is 1. The van der Waals surface area contributed by atoms with Crippen LogP contribution in [-0.4, -0.2) is 28.2 Å². The van der Waals surface area contributed by atoms with Gasteiger partial charge in [0, 0.05) is 10.7 Å². The number of hydrogen-bond donors (Lipinski definition) is 3. The number of rotatable bonds is 5. The Morgan fingerprint density at radius 1 is 1.18 bits per heavy atom. The number of thiocarbonyl (C=S) groups is 1. The molecule has 1 aromatic heterocycles. The molecule has 174 valence electrons. The number of fused-ring (bicyclic) bond motifs is 1. The van der Waals surface area contributed by atoms with E-state index in [-0.39, 0.29) is 38.1 Å². The van der Waals surface area contributed by atoms with E-state index in [0.717, 1.165) is 12.0 Å². The van der Waals surface area contributed by atoms with Crippen molar-refractivity contribution < 1.29 is 19.1 Å². The zero-order chi connectivity index (χ0) is 24.4. The number of anilines is 1. The van der Waals surface area contributed by atoms with Gasteiger partial charge in [-0.2, -0.15) is 0 Å². The third kappa shape index (κ3) is 4.94. The maximum absolute atomic E-state index is 12.7. The van der Waals surface area contributed by atoms with Crippen LogP contribution in [0.3, 0.4) is 0 Å². The van der Waals surface area contributed by atoms with Gasteiger partial charge in [0.25, 0.3) is 5.91 Å². The molecule has 3 N–H and O–H groups in total. The lowest BCUT2D eigenvalue weighted by molar-refractivity contribution is 0.0974. The number of carbonyl (C=O) groups excluding carboxylic acids is 1. The van der Waals surface area contributed by atoms with Crippen LogP contribution in [0.25, 0.3) is 22.6 Å². The zero-order valence-corrected chi connectivity index (χ0v) is 20.4. The summed E-state index contributed by atoms with van der Waals surface area (Å²) in [4.78, 5) is 17.2. The molecule has 0 fully saturated rings. The van der Waals surface area contributed by atoms with Gasteiger partial charge in [-0.3, -0.25) is 10.1 Å². The van der Waals surface area contributed by atoms with Gasteiger partial charge in [-0.15, -0.1) is 0 Å². The van der Waals surface area contributed by atoms with Gasteiger partial charge in [-0.1, -0.05) is 36.2 Å². The van der Waals surface area contributed by atoms with Gasteiger partial charge >= 0.3 is 0 Å². The lowest BCUT2D eigenvalue weighted by atomic mass is 10.1. The Morgan fingerprint density at radius 2 is 1.97 bits per heavy atom. The number of aromatic hydroxyl groups is 1. The number of nitrogens with one attached hydrogen (secondary N) is 2. The van der Waals surface area contributed by atoms with E-state index >= 15 is 0 Å². The first-order chi connectivity index (χ1) is 16.3. The fourth-order valence-corrected chi connectivity index (χ4v) is 4.14. The van der Waals surface area contributed by atoms with Gasteiger partial charge in [0.15, 0.2) is 10.7 Å². The van der Waals surface area contributed by atoms with E-state index in [2.05, 4.69) is 22.5 Å². The smallest absolute Gasteiger partial charge is 0.261 e. The van der Waals surface area contributed by atoms with Gasteiger partial charge in [0.1, 0.15) is 17.0 Å². The van der Waals surface area contributed by atoms with Crippen LogP contribution in [0.15, 0.2) is 52.9 Å². The number of aryl methyl sites for hydroxylation is 1. The Balaban J connectivity index is 1.55. The third-order valence-corrected chi connectivity index (χ3v) is 5.73. The average molecular weight is 516 g/mol. The van der Waals surface area contributed by atoms with Crippen LogP contribution in [-0.2, 0) is 6.42 Å². The molecular weight excluding hydrogens is 497 g/mol. The summed E-state index contributed by atoms with van der Waals surface area (Å²) in [5.74, 6) is -0.123. The summed E-state index contributed by atoms with van der Waals surface area (Å²) in [6.45, 7) is 2.06. The number of methoxy groups -OCH3 is 1. The normalized spacial score (nSPS) is 10.8. The van der Waals surface area contributed by atoms with Gasteiger partial charge in [0.05, 0.1) is 23.3 Å². The van der Waals surface area contributed by atoms with Gasteiger partial charge in [0.2, 0.25) is 5.89 Å². The number of nitrogens with zero attached hydrogens (tertiary/aromatic N) is 1. The van der Waals surface area contributed by atoms with Crippen molar-refractivity contribution >= 4 is 63.2 Å². The second-order valence-corrected chi connectivity index (χ2v) is 8.54. The van der Waals surface area contributed by atoms with Crippen molar-refractivity contribution in [1.82, 2.24) is 10.3 Å². The van der Waals surface area contributed by atoms with Crippen molar-refractivity contribution in [3.8, 4) is 23.0 Å². The first-order valence-electron chi connectivity index (χ1n) is 10.2. The predicted molar refractivity (Wildman–Crippen MR) is 137 cm³/mol. The van der Waals surface area contributed by atoms with E-state index in [1.54, 1.807) is 12.1 Å². The molecule has 0 aliphatic carbocycles. The number of benzene rings is 3. The number of ether oxygens (including phenoxy) is 1. The molecule has 1 heterocycles. The fraction of sp³-hybridized carbons (Fsp3) is 0.125. The van der Waals surface area contributed by atoms with Crippen LogP contribution in [0.1, 0.15) is 22.8 Å². The van der Waals surface area contributed by atoms with Crippen molar-refractivity contribution in [2.45, 2.75) is 13.3 Å². The van der Waals surface area contributed by atoms with E-state index in [1.807, 2.05) is 18.2 Å². The lowest BCUT2D eigenvalue weighted by Crippen LogP contribution is -2.34. The number of amides is 1. The van der Waals surface area contributed by atoms with Crippen molar-refractivity contribution in [2.75, 3.05) is 12.4 Å². The van der Waals surface area contributed by atoms with E-state index < -0.39 is 5.91 Å². The number of oxazole rings is 1. The second kappa shape index (κ2) is 9.89. The molecule has 0 aliphatic heterocycles. The topological polar surface area (TPSA) is 96.6 Å². The van der Waals surface area contributed by atoms with Crippen molar-refractivity contribution in [2.24, 2.45) is 0 Å². The molecule has 34 heavy (non-hydrogen) atoms. The molecule has 3 aromatic carbocycles. The minimum absolute atomic E-state index is 0.0129. The third-order valence-electron chi connectivity index (χ3n) is 5.03. The molecule has 4 rings (SSSR count). The number of carbonyl (C=O) groups is 1. The minimum Gasteiger partial charge on any atom is -0.507 e. The molecule has 0 saturated heterocycles. The largest absolute Gasteiger partial charge is 0.507 e. The maximum atomic E-state index is 12.7. The Bertz CT molecular complexity index is 1420. The molecule has 0 saturated carbocycles. The highest BCUT2D eigenvalue weighted by molar-refractivity contribution is 7.80.